The zero-order chi connectivity index (χ0) is 20.6. The lowest BCUT2D eigenvalue weighted by molar-refractivity contribution is -0.116. The van der Waals surface area contributed by atoms with E-state index in [1.165, 1.54) is 36.0 Å². The van der Waals surface area contributed by atoms with Crippen LogP contribution in [-0.4, -0.2) is 32.9 Å². The Morgan fingerprint density at radius 1 is 1.10 bits per heavy atom. The number of aromatic nitrogens is 3. The standard InChI is InChI=1S/C19H18FN5O3S/c1-12-11-17(28-25-12)22-16(26)3-2-10-29-18-9-8-15(23-24-18)21-19(27)13-4-6-14(20)7-5-13/h4-9,11H,2-3,10H2,1H3,(H,22,26)(H,21,23,27). The Bertz CT molecular complexity index is 976. The van der Waals surface area contributed by atoms with E-state index in [1.54, 1.807) is 25.1 Å². The van der Waals surface area contributed by atoms with E-state index < -0.39 is 11.7 Å². The normalized spacial score (nSPS) is 10.6. The van der Waals surface area contributed by atoms with Gasteiger partial charge in [-0.15, -0.1) is 22.0 Å². The molecule has 1 aromatic carbocycles. The van der Waals surface area contributed by atoms with Gasteiger partial charge in [0.1, 0.15) is 10.8 Å². The van der Waals surface area contributed by atoms with Gasteiger partial charge in [0.15, 0.2) is 5.82 Å². The lowest BCUT2D eigenvalue weighted by atomic mass is 10.2. The number of thioether (sulfide) groups is 1. The molecular weight excluding hydrogens is 397 g/mol. The molecular formula is C19H18FN5O3S. The van der Waals surface area contributed by atoms with Crippen LogP contribution in [0.4, 0.5) is 16.1 Å². The molecule has 2 aromatic heterocycles. The maximum atomic E-state index is 12.9. The summed E-state index contributed by atoms with van der Waals surface area (Å²) in [4.78, 5) is 23.9. The van der Waals surface area contributed by atoms with E-state index in [1.807, 2.05) is 0 Å². The van der Waals surface area contributed by atoms with E-state index in [9.17, 15) is 14.0 Å². The van der Waals surface area contributed by atoms with Crippen molar-refractivity contribution in [1.82, 2.24) is 15.4 Å². The van der Waals surface area contributed by atoms with Gasteiger partial charge in [0.25, 0.3) is 5.91 Å². The number of aryl methyl sites for hydroxylation is 1. The summed E-state index contributed by atoms with van der Waals surface area (Å²) in [5.41, 5.74) is 1.03. The van der Waals surface area contributed by atoms with Gasteiger partial charge in [-0.1, -0.05) is 5.16 Å². The highest BCUT2D eigenvalue weighted by atomic mass is 32.2. The van der Waals surface area contributed by atoms with Gasteiger partial charge in [-0.25, -0.2) is 4.39 Å². The molecule has 8 nitrogen and oxygen atoms in total. The van der Waals surface area contributed by atoms with Crippen molar-refractivity contribution in [2.75, 3.05) is 16.4 Å². The van der Waals surface area contributed by atoms with Crippen molar-refractivity contribution in [2.45, 2.75) is 24.8 Å². The number of rotatable bonds is 8. The van der Waals surface area contributed by atoms with Crippen molar-refractivity contribution in [3.8, 4) is 0 Å². The monoisotopic (exact) mass is 415 g/mol. The van der Waals surface area contributed by atoms with Gasteiger partial charge in [-0.2, -0.15) is 0 Å². The van der Waals surface area contributed by atoms with E-state index >= 15 is 0 Å². The van der Waals surface area contributed by atoms with Crippen LogP contribution >= 0.6 is 11.8 Å². The minimum Gasteiger partial charge on any atom is -0.338 e. The lowest BCUT2D eigenvalue weighted by Gasteiger charge is -2.05. The van der Waals surface area contributed by atoms with E-state index in [4.69, 9.17) is 4.52 Å². The zero-order valence-corrected chi connectivity index (χ0v) is 16.3. The molecule has 10 heteroatoms. The summed E-state index contributed by atoms with van der Waals surface area (Å²) in [7, 11) is 0. The molecule has 2 N–H and O–H groups in total. The van der Waals surface area contributed by atoms with Gasteiger partial charge >= 0.3 is 0 Å². The number of nitrogens with one attached hydrogen (secondary N) is 2. The van der Waals surface area contributed by atoms with Gasteiger partial charge in [0, 0.05) is 23.8 Å². The Kier molecular flexibility index (Phi) is 6.90. The molecule has 0 bridgehead atoms. The molecule has 0 aliphatic rings. The first-order chi connectivity index (χ1) is 14.0. The molecule has 150 valence electrons. The maximum Gasteiger partial charge on any atom is 0.256 e. The summed E-state index contributed by atoms with van der Waals surface area (Å²) in [6.07, 6.45) is 0.986. The van der Waals surface area contributed by atoms with Crippen LogP contribution in [-0.2, 0) is 4.79 Å². The van der Waals surface area contributed by atoms with Crippen molar-refractivity contribution in [3.63, 3.8) is 0 Å². The summed E-state index contributed by atoms with van der Waals surface area (Å²) in [5, 5.41) is 17.6. The quantitative estimate of drug-likeness (QED) is 0.427. The average Bonchev–Trinajstić information content (AvgIpc) is 3.11. The largest absolute Gasteiger partial charge is 0.338 e. The summed E-state index contributed by atoms with van der Waals surface area (Å²) in [6, 6.07) is 10.2. The second-order valence-corrected chi connectivity index (χ2v) is 7.17. The molecule has 0 saturated carbocycles. The van der Waals surface area contributed by atoms with Crippen molar-refractivity contribution < 1.29 is 18.5 Å². The first-order valence-electron chi connectivity index (χ1n) is 8.76. The van der Waals surface area contributed by atoms with Crippen LogP contribution in [0.15, 0.2) is 52.0 Å². The Balaban J connectivity index is 1.39. The fraction of sp³-hybridized carbons (Fsp3) is 0.211. The molecule has 0 unspecified atom stereocenters. The van der Waals surface area contributed by atoms with Gasteiger partial charge in [-0.05, 0) is 49.7 Å². The van der Waals surface area contributed by atoms with E-state index in [2.05, 4.69) is 26.0 Å². The van der Waals surface area contributed by atoms with Crippen LogP contribution < -0.4 is 10.6 Å². The molecule has 0 saturated heterocycles. The summed E-state index contributed by atoms with van der Waals surface area (Å²) < 4.78 is 17.8. The number of carbonyl (C=O) groups excluding carboxylic acids is 2. The minimum atomic E-state index is -0.409. The van der Waals surface area contributed by atoms with E-state index in [-0.39, 0.29) is 5.91 Å². The fourth-order valence-corrected chi connectivity index (χ4v) is 3.05. The third kappa shape index (κ3) is 6.39. The Hall–Kier alpha value is -3.27. The average molecular weight is 415 g/mol. The van der Waals surface area contributed by atoms with Gasteiger partial charge in [0.05, 0.1) is 5.69 Å². The Morgan fingerprint density at radius 2 is 1.90 bits per heavy atom. The minimum absolute atomic E-state index is 0.147. The molecule has 0 atom stereocenters. The molecule has 3 aromatic rings. The number of benzene rings is 1. The maximum absolute atomic E-state index is 12.9. The molecule has 0 aliphatic heterocycles. The smallest absolute Gasteiger partial charge is 0.256 e. The predicted molar refractivity (Wildman–Crippen MR) is 106 cm³/mol. The van der Waals surface area contributed by atoms with Gasteiger partial charge in [0.2, 0.25) is 11.8 Å². The van der Waals surface area contributed by atoms with E-state index in [0.29, 0.717) is 46.6 Å². The molecule has 0 radical (unpaired) electrons. The number of nitrogens with zero attached hydrogens (tertiary/aromatic N) is 3. The Morgan fingerprint density at radius 3 is 2.55 bits per heavy atom. The van der Waals surface area contributed by atoms with Crippen LogP contribution in [0.25, 0.3) is 0 Å². The highest BCUT2D eigenvalue weighted by Gasteiger charge is 2.09. The molecule has 2 heterocycles. The van der Waals surface area contributed by atoms with Crippen LogP contribution in [0.1, 0.15) is 28.9 Å². The van der Waals surface area contributed by atoms with Crippen LogP contribution in [0.5, 0.6) is 0 Å². The SMILES string of the molecule is Cc1cc(NC(=O)CCCSc2ccc(NC(=O)c3ccc(F)cc3)nn2)on1. The van der Waals surface area contributed by atoms with Crippen LogP contribution in [0.2, 0.25) is 0 Å². The fourth-order valence-electron chi connectivity index (χ4n) is 2.29. The number of hydrogen-bond acceptors (Lipinski definition) is 7. The second-order valence-electron chi connectivity index (χ2n) is 6.05. The highest BCUT2D eigenvalue weighted by Crippen LogP contribution is 2.18. The Labute approximate surface area is 170 Å². The molecule has 2 amide bonds. The third-order valence-electron chi connectivity index (χ3n) is 3.68. The van der Waals surface area contributed by atoms with Crippen molar-refractivity contribution in [3.05, 3.63) is 59.5 Å². The molecule has 0 aliphatic carbocycles. The number of hydrogen-bond donors (Lipinski definition) is 2. The number of halogens is 1. The number of carbonyl (C=O) groups is 2. The first-order valence-corrected chi connectivity index (χ1v) is 9.75. The van der Waals surface area contributed by atoms with Crippen molar-refractivity contribution in [2.24, 2.45) is 0 Å². The molecule has 3 rings (SSSR count). The third-order valence-corrected chi connectivity index (χ3v) is 4.68. The predicted octanol–water partition coefficient (Wildman–Crippen LogP) is 3.68. The topological polar surface area (TPSA) is 110 Å². The lowest BCUT2D eigenvalue weighted by Crippen LogP contribution is -2.13. The highest BCUT2D eigenvalue weighted by molar-refractivity contribution is 7.99. The van der Waals surface area contributed by atoms with E-state index in [0.717, 1.165) is 0 Å². The molecule has 0 fully saturated rings. The van der Waals surface area contributed by atoms with Crippen molar-refractivity contribution in [1.29, 1.82) is 0 Å². The second kappa shape index (κ2) is 9.78. The molecule has 0 spiro atoms. The molecule has 29 heavy (non-hydrogen) atoms. The summed E-state index contributed by atoms with van der Waals surface area (Å²) in [5.74, 6) is 0.362. The van der Waals surface area contributed by atoms with Crippen LogP contribution in [0, 0.1) is 12.7 Å². The van der Waals surface area contributed by atoms with Crippen molar-refractivity contribution >= 4 is 35.3 Å². The first kappa shape index (κ1) is 20.5. The number of anilines is 2. The van der Waals surface area contributed by atoms with Gasteiger partial charge < -0.3 is 9.84 Å². The zero-order valence-electron chi connectivity index (χ0n) is 15.5. The van der Waals surface area contributed by atoms with Gasteiger partial charge in [-0.3, -0.25) is 14.9 Å². The number of amides is 2. The van der Waals surface area contributed by atoms with Crippen LogP contribution in [0.3, 0.4) is 0 Å². The summed E-state index contributed by atoms with van der Waals surface area (Å²) in [6.45, 7) is 1.77. The summed E-state index contributed by atoms with van der Waals surface area (Å²) >= 11 is 1.45.